The Hall–Kier alpha value is -0.810. The largest absolute Gasteiger partial charge is 0.465 e. The lowest BCUT2D eigenvalue weighted by molar-refractivity contribution is 0.418. The first-order valence-electron chi connectivity index (χ1n) is 5.75. The summed E-state index contributed by atoms with van der Waals surface area (Å²) in [5.74, 6) is 1.45. The summed E-state index contributed by atoms with van der Waals surface area (Å²) >= 11 is 0. The predicted octanol–water partition coefficient (Wildman–Crippen LogP) is 2.76. The number of rotatable bonds is 4. The van der Waals surface area contributed by atoms with Crippen LogP contribution in [0.4, 0.5) is 0 Å². The smallest absolute Gasteiger partial charge is 0.217 e. The molecule has 1 atom stereocenters. The van der Waals surface area contributed by atoms with Crippen molar-refractivity contribution in [3.63, 3.8) is 0 Å². The second-order valence-electron chi connectivity index (χ2n) is 5.14. The Morgan fingerprint density at radius 1 is 1.35 bits per heavy atom. The number of furan rings is 1. The van der Waals surface area contributed by atoms with Crippen LogP contribution in [0, 0.1) is 6.92 Å². The summed E-state index contributed by atoms with van der Waals surface area (Å²) in [5, 5.41) is 0. The first-order valence-corrected chi connectivity index (χ1v) is 7.24. The van der Waals surface area contributed by atoms with Gasteiger partial charge >= 0.3 is 0 Å². The lowest BCUT2D eigenvalue weighted by Crippen LogP contribution is -2.41. The number of hydrogen-bond donors (Lipinski definition) is 1. The zero-order valence-electron chi connectivity index (χ0n) is 11.1. The third-order valence-corrected chi connectivity index (χ3v) is 4.82. The van der Waals surface area contributed by atoms with Gasteiger partial charge in [0, 0.05) is 0 Å². The average Bonchev–Trinajstić information content (AvgIpc) is 2.59. The molecule has 0 aliphatic carbocycles. The summed E-state index contributed by atoms with van der Waals surface area (Å²) in [6, 6.07) is 3.35. The third kappa shape index (κ3) is 3.33. The topological polar surface area (TPSA) is 59.3 Å². The van der Waals surface area contributed by atoms with Gasteiger partial charge in [-0.05, 0) is 46.2 Å². The monoisotopic (exact) mass is 259 g/mol. The van der Waals surface area contributed by atoms with Crippen molar-refractivity contribution in [2.75, 3.05) is 0 Å². The molecule has 0 bridgehead atoms. The van der Waals surface area contributed by atoms with E-state index < -0.39 is 14.8 Å². The molecule has 0 saturated heterocycles. The number of aryl methyl sites for hydroxylation is 1. The Morgan fingerprint density at radius 3 is 2.29 bits per heavy atom. The predicted molar refractivity (Wildman–Crippen MR) is 68.3 cm³/mol. The molecule has 0 spiro atoms. The number of nitrogens with one attached hydrogen (secondary N) is 1. The van der Waals surface area contributed by atoms with Gasteiger partial charge in [-0.15, -0.1) is 0 Å². The van der Waals surface area contributed by atoms with Crippen molar-refractivity contribution in [3.8, 4) is 0 Å². The second-order valence-corrected chi connectivity index (χ2v) is 7.61. The van der Waals surface area contributed by atoms with Crippen molar-refractivity contribution in [3.05, 3.63) is 23.7 Å². The zero-order chi connectivity index (χ0) is 13.3. The Labute approximate surface area is 103 Å². The van der Waals surface area contributed by atoms with Gasteiger partial charge in [-0.3, -0.25) is 0 Å². The van der Waals surface area contributed by atoms with E-state index >= 15 is 0 Å². The molecule has 0 radical (unpaired) electrons. The molecule has 0 aliphatic rings. The molecular formula is C12H21NO3S. The third-order valence-electron chi connectivity index (χ3n) is 2.62. The van der Waals surface area contributed by atoms with Gasteiger partial charge in [-0.25, -0.2) is 13.1 Å². The van der Waals surface area contributed by atoms with E-state index in [1.807, 2.05) is 26.0 Å². The lowest BCUT2D eigenvalue weighted by Gasteiger charge is -2.23. The van der Waals surface area contributed by atoms with E-state index in [1.165, 1.54) is 0 Å². The Bertz CT molecular complexity index is 468. The van der Waals surface area contributed by atoms with Gasteiger partial charge in [-0.1, -0.05) is 6.92 Å². The Kier molecular flexibility index (Phi) is 4.04. The van der Waals surface area contributed by atoms with Crippen molar-refractivity contribution >= 4 is 10.0 Å². The Morgan fingerprint density at radius 2 is 1.94 bits per heavy atom. The molecule has 98 valence electrons. The molecule has 0 unspecified atom stereocenters. The van der Waals surface area contributed by atoms with Crippen LogP contribution in [-0.2, 0) is 10.0 Å². The summed E-state index contributed by atoms with van der Waals surface area (Å²) in [6.07, 6.45) is 0.655. The highest BCUT2D eigenvalue weighted by atomic mass is 32.2. The van der Waals surface area contributed by atoms with E-state index in [0.29, 0.717) is 12.2 Å². The van der Waals surface area contributed by atoms with Gasteiger partial charge in [0.05, 0.1) is 10.8 Å². The zero-order valence-corrected chi connectivity index (χ0v) is 11.9. The van der Waals surface area contributed by atoms with E-state index in [9.17, 15) is 8.42 Å². The summed E-state index contributed by atoms with van der Waals surface area (Å²) < 4.78 is 31.4. The lowest BCUT2D eigenvalue weighted by atomic mass is 10.2. The molecule has 0 amide bonds. The molecule has 5 heteroatoms. The van der Waals surface area contributed by atoms with Crippen molar-refractivity contribution in [1.82, 2.24) is 4.72 Å². The molecule has 4 nitrogen and oxygen atoms in total. The van der Waals surface area contributed by atoms with Gasteiger partial charge in [-0.2, -0.15) is 0 Å². The van der Waals surface area contributed by atoms with Crippen LogP contribution in [0.15, 0.2) is 16.5 Å². The molecule has 0 aliphatic heterocycles. The second kappa shape index (κ2) is 4.82. The van der Waals surface area contributed by atoms with E-state index in [0.717, 1.165) is 5.76 Å². The molecule has 1 rings (SSSR count). The fourth-order valence-electron chi connectivity index (χ4n) is 1.35. The van der Waals surface area contributed by atoms with E-state index in [1.54, 1.807) is 20.8 Å². The highest BCUT2D eigenvalue weighted by Crippen LogP contribution is 2.23. The van der Waals surface area contributed by atoms with Crippen LogP contribution in [0.2, 0.25) is 0 Å². The van der Waals surface area contributed by atoms with Crippen molar-refractivity contribution < 1.29 is 12.8 Å². The average molecular weight is 259 g/mol. The molecule has 0 fully saturated rings. The minimum atomic E-state index is -3.36. The molecule has 17 heavy (non-hydrogen) atoms. The van der Waals surface area contributed by atoms with Crippen LogP contribution in [0.25, 0.3) is 0 Å². The van der Waals surface area contributed by atoms with Crippen molar-refractivity contribution in [1.29, 1.82) is 0 Å². The van der Waals surface area contributed by atoms with Gasteiger partial charge in [0.1, 0.15) is 11.5 Å². The molecule has 1 aromatic rings. The Balaban J connectivity index is 2.93. The standard InChI is InChI=1S/C12H21NO3S/c1-6-10(11-8-7-9(2)16-11)13-17(14,15)12(3,4)5/h7-8,10,13H,6H2,1-5H3/t10-/m0/s1. The normalized spacial score (nSPS) is 14.9. The minimum absolute atomic E-state index is 0.298. The van der Waals surface area contributed by atoms with E-state index in [2.05, 4.69) is 4.72 Å². The van der Waals surface area contributed by atoms with Crippen molar-refractivity contribution in [2.24, 2.45) is 0 Å². The van der Waals surface area contributed by atoms with E-state index in [-0.39, 0.29) is 6.04 Å². The fourth-order valence-corrected chi connectivity index (χ4v) is 2.36. The van der Waals surface area contributed by atoms with Gasteiger partial charge in [0.2, 0.25) is 10.0 Å². The van der Waals surface area contributed by atoms with Crippen LogP contribution in [0.5, 0.6) is 0 Å². The van der Waals surface area contributed by atoms with Crippen LogP contribution in [0.1, 0.15) is 51.7 Å². The maximum Gasteiger partial charge on any atom is 0.217 e. The SMILES string of the molecule is CC[C@H](NS(=O)(=O)C(C)(C)C)c1ccc(C)o1. The summed E-state index contributed by atoms with van der Waals surface area (Å²) in [4.78, 5) is 0. The maximum atomic E-state index is 12.0. The fraction of sp³-hybridized carbons (Fsp3) is 0.667. The maximum absolute atomic E-state index is 12.0. The van der Waals surface area contributed by atoms with Gasteiger partial charge in [0.15, 0.2) is 0 Å². The molecule has 1 N–H and O–H groups in total. The van der Waals surface area contributed by atoms with Crippen LogP contribution in [0.3, 0.4) is 0 Å². The summed E-state index contributed by atoms with van der Waals surface area (Å²) in [5.41, 5.74) is 0. The quantitative estimate of drug-likeness (QED) is 0.904. The molecule has 1 aromatic heterocycles. The van der Waals surface area contributed by atoms with Crippen LogP contribution >= 0.6 is 0 Å². The van der Waals surface area contributed by atoms with Crippen molar-refractivity contribution in [2.45, 2.75) is 51.8 Å². The molecule has 0 aromatic carbocycles. The molecule has 0 saturated carbocycles. The summed E-state index contributed by atoms with van der Waals surface area (Å²) in [7, 11) is -3.36. The van der Waals surface area contributed by atoms with Gasteiger partial charge in [0.25, 0.3) is 0 Å². The first kappa shape index (κ1) is 14.3. The first-order chi connectivity index (χ1) is 7.67. The van der Waals surface area contributed by atoms with E-state index in [4.69, 9.17) is 4.42 Å². The minimum Gasteiger partial charge on any atom is -0.465 e. The van der Waals surface area contributed by atoms with Crippen LogP contribution in [-0.4, -0.2) is 13.2 Å². The number of hydrogen-bond acceptors (Lipinski definition) is 3. The molecular weight excluding hydrogens is 238 g/mol. The highest BCUT2D eigenvalue weighted by Gasteiger charge is 2.31. The highest BCUT2D eigenvalue weighted by molar-refractivity contribution is 7.90. The van der Waals surface area contributed by atoms with Crippen LogP contribution < -0.4 is 4.72 Å². The molecule has 1 heterocycles. The van der Waals surface area contributed by atoms with Gasteiger partial charge < -0.3 is 4.42 Å². The summed E-state index contributed by atoms with van der Waals surface area (Å²) in [6.45, 7) is 8.79. The number of sulfonamides is 1.